The van der Waals surface area contributed by atoms with Crippen LogP contribution in [0.2, 0.25) is 45.3 Å². The fraction of sp³-hybridized carbons (Fsp3) is 0.720. The van der Waals surface area contributed by atoms with Crippen molar-refractivity contribution in [2.24, 2.45) is 5.92 Å². The Morgan fingerprint density at radius 2 is 1.70 bits per heavy atom. The van der Waals surface area contributed by atoms with Gasteiger partial charge < -0.3 is 5.11 Å². The maximum atomic E-state index is 13.2. The lowest BCUT2D eigenvalue weighted by Gasteiger charge is -2.45. The first-order chi connectivity index (χ1) is 15.0. The van der Waals surface area contributed by atoms with Crippen LogP contribution in [0.5, 0.6) is 0 Å². The van der Waals surface area contributed by atoms with Gasteiger partial charge in [-0.25, -0.2) is 0 Å². The molecule has 0 saturated carbocycles. The Labute approximate surface area is 199 Å². The van der Waals surface area contributed by atoms with Gasteiger partial charge in [-0.2, -0.15) is 13.2 Å². The number of piperidine rings is 1. The smallest absolute Gasteiger partial charge is 0.389 e. The topological polar surface area (TPSA) is 40.5 Å². The third kappa shape index (κ3) is 9.57. The molecular weight excluding hydrogens is 459 g/mol. The molecule has 3 nitrogen and oxygen atoms in total. The molecule has 0 radical (unpaired) electrons. The fourth-order valence-electron chi connectivity index (χ4n) is 4.86. The monoisotopic (exact) mass is 501 g/mol. The molecule has 1 aromatic carbocycles. The summed E-state index contributed by atoms with van der Waals surface area (Å²) >= 11 is 0. The molecule has 2 rings (SSSR count). The van der Waals surface area contributed by atoms with E-state index in [2.05, 4.69) is 68.4 Å². The van der Waals surface area contributed by atoms with E-state index in [0.29, 0.717) is 13.0 Å². The molecular formula is C25H42F3NO2Si2. The summed E-state index contributed by atoms with van der Waals surface area (Å²) in [6.45, 7) is 14.3. The lowest BCUT2D eigenvalue weighted by atomic mass is 9.83. The van der Waals surface area contributed by atoms with Gasteiger partial charge in [-0.1, -0.05) is 74.8 Å². The summed E-state index contributed by atoms with van der Waals surface area (Å²) in [6.07, 6.45) is -2.49. The maximum absolute atomic E-state index is 13.2. The first-order valence-electron chi connectivity index (χ1n) is 12.2. The van der Waals surface area contributed by atoms with Crippen LogP contribution in [-0.4, -0.2) is 50.9 Å². The van der Waals surface area contributed by atoms with E-state index in [1.807, 2.05) is 0 Å². The van der Waals surface area contributed by atoms with E-state index in [0.717, 1.165) is 24.4 Å². The Kier molecular flexibility index (Phi) is 9.44. The maximum Gasteiger partial charge on any atom is 0.389 e. The van der Waals surface area contributed by atoms with Crippen molar-refractivity contribution >= 4 is 27.3 Å². The van der Waals surface area contributed by atoms with Crippen molar-refractivity contribution < 1.29 is 23.1 Å². The van der Waals surface area contributed by atoms with Gasteiger partial charge in [-0.15, -0.1) is 0 Å². The lowest BCUT2D eigenvalue weighted by Crippen LogP contribution is -2.45. The zero-order chi connectivity index (χ0) is 25.0. The highest BCUT2D eigenvalue weighted by Crippen LogP contribution is 2.40. The number of alkyl halides is 3. The number of carboxylic acids is 1. The summed E-state index contributed by atoms with van der Waals surface area (Å²) < 4.78 is 39.5. The van der Waals surface area contributed by atoms with Crippen molar-refractivity contribution in [2.75, 3.05) is 6.54 Å². The fourth-order valence-corrected chi connectivity index (χ4v) is 7.23. The highest BCUT2D eigenvalue weighted by molar-refractivity contribution is 6.88. The predicted octanol–water partition coefficient (Wildman–Crippen LogP) is 6.90. The molecule has 1 saturated heterocycles. The molecule has 0 spiro atoms. The van der Waals surface area contributed by atoms with Gasteiger partial charge in [0.1, 0.15) is 0 Å². The van der Waals surface area contributed by atoms with Crippen LogP contribution >= 0.6 is 0 Å². The Hall–Kier alpha value is -1.13. The number of aliphatic carboxylic acids is 1. The van der Waals surface area contributed by atoms with Gasteiger partial charge in [0.15, 0.2) is 0 Å². The molecule has 0 amide bonds. The van der Waals surface area contributed by atoms with Crippen molar-refractivity contribution in [3.63, 3.8) is 0 Å². The van der Waals surface area contributed by atoms with E-state index in [1.165, 1.54) is 5.19 Å². The molecule has 1 heterocycles. The van der Waals surface area contributed by atoms with Crippen LogP contribution in [-0.2, 0) is 4.79 Å². The normalized spacial score (nSPS) is 21.7. The van der Waals surface area contributed by atoms with Crippen LogP contribution < -0.4 is 5.19 Å². The first kappa shape index (κ1) is 28.1. The number of hydrogen-bond donors (Lipinski definition) is 1. The number of nitrogens with zero attached hydrogens (tertiary/aromatic N) is 1. The number of benzene rings is 1. The minimum Gasteiger partial charge on any atom is -0.481 e. The Balaban J connectivity index is 2.35. The third-order valence-electron chi connectivity index (χ3n) is 6.83. The summed E-state index contributed by atoms with van der Waals surface area (Å²) in [5.74, 6) is -0.741. The Morgan fingerprint density at radius 1 is 1.09 bits per heavy atom. The lowest BCUT2D eigenvalue weighted by molar-refractivity contribution is -0.141. The molecule has 1 aliphatic heterocycles. The second-order valence-electron chi connectivity index (χ2n) is 12.0. The zero-order valence-corrected chi connectivity index (χ0v) is 23.1. The van der Waals surface area contributed by atoms with Gasteiger partial charge in [0, 0.05) is 33.0 Å². The second kappa shape index (κ2) is 11.1. The zero-order valence-electron chi connectivity index (χ0n) is 21.1. The van der Waals surface area contributed by atoms with E-state index in [1.54, 1.807) is 0 Å². The van der Waals surface area contributed by atoms with E-state index in [-0.39, 0.29) is 30.8 Å². The van der Waals surface area contributed by atoms with E-state index < -0.39 is 34.7 Å². The summed E-state index contributed by atoms with van der Waals surface area (Å²) in [6, 6.07) is 9.44. The molecule has 1 N–H and O–H groups in total. The van der Waals surface area contributed by atoms with Crippen molar-refractivity contribution in [2.45, 2.75) is 102 Å². The van der Waals surface area contributed by atoms with Gasteiger partial charge in [-0.05, 0) is 43.7 Å². The summed E-state index contributed by atoms with van der Waals surface area (Å²) in [7, 11) is -2.86. The van der Waals surface area contributed by atoms with E-state index in [4.69, 9.17) is 0 Å². The molecule has 8 heteroatoms. The average Bonchev–Trinajstić information content (AvgIpc) is 2.66. The van der Waals surface area contributed by atoms with E-state index >= 15 is 0 Å². The van der Waals surface area contributed by atoms with Crippen LogP contribution in [0.4, 0.5) is 13.2 Å². The Bertz CT molecular complexity index is 752. The molecule has 0 aliphatic carbocycles. The van der Waals surface area contributed by atoms with Gasteiger partial charge in [0.05, 0.1) is 8.07 Å². The molecule has 0 bridgehead atoms. The largest absolute Gasteiger partial charge is 0.481 e. The van der Waals surface area contributed by atoms with Crippen molar-refractivity contribution in [3.8, 4) is 0 Å². The van der Waals surface area contributed by atoms with Gasteiger partial charge in [0.2, 0.25) is 0 Å². The second-order valence-corrected chi connectivity index (χ2v) is 22.7. The minimum atomic E-state index is -4.16. The first-order valence-corrected chi connectivity index (χ1v) is 19.4. The minimum absolute atomic E-state index is 0.0290. The highest BCUT2D eigenvalue weighted by atomic mass is 28.3. The van der Waals surface area contributed by atoms with Crippen molar-refractivity contribution in [1.29, 1.82) is 0 Å². The number of rotatable bonds is 10. The summed E-state index contributed by atoms with van der Waals surface area (Å²) in [5.41, 5.74) is 1.11. The van der Waals surface area contributed by atoms with Crippen LogP contribution in [0.25, 0.3) is 0 Å². The van der Waals surface area contributed by atoms with Crippen LogP contribution in [0.15, 0.2) is 24.3 Å². The number of carbonyl (C=O) groups is 1. The molecule has 33 heavy (non-hydrogen) atoms. The standard InChI is InChI=1S/C25H42F3NO2Si2/c1-32(2,3)16-13-21(11-14-25(26,27)28)29-15-12-19(18-24(30)31)17-23(29)20-7-9-22(10-8-20)33(4,5)6/h7-10,19,21,23H,11-18H2,1-6H3,(H,30,31)/t19-,21+,23+/m1/s1. The number of hydrogen-bond acceptors (Lipinski definition) is 2. The quantitative estimate of drug-likeness (QED) is 0.355. The molecule has 1 aliphatic rings. The van der Waals surface area contributed by atoms with E-state index in [9.17, 15) is 23.1 Å². The highest BCUT2D eigenvalue weighted by Gasteiger charge is 2.37. The molecule has 3 atom stereocenters. The van der Waals surface area contributed by atoms with Crippen LogP contribution in [0.1, 0.15) is 50.1 Å². The van der Waals surface area contributed by atoms with Crippen LogP contribution in [0, 0.1) is 5.92 Å². The Morgan fingerprint density at radius 3 is 2.18 bits per heavy atom. The summed E-state index contributed by atoms with van der Waals surface area (Å²) in [5, 5.41) is 10.7. The number of likely N-dealkylation sites (tertiary alicyclic amines) is 1. The van der Waals surface area contributed by atoms with Gasteiger partial charge in [0.25, 0.3) is 0 Å². The molecule has 188 valence electrons. The molecule has 1 aromatic rings. The molecule has 0 aromatic heterocycles. The SMILES string of the molecule is C[Si](C)(C)CC[C@H](CCC(F)(F)F)N1CC[C@@H](CC(=O)O)C[C@H]1c1ccc([Si](C)(C)C)cc1. The number of carboxylic acid groups (broad SMARTS) is 1. The molecule has 1 fully saturated rings. The number of halogens is 3. The van der Waals surface area contributed by atoms with Crippen molar-refractivity contribution in [3.05, 3.63) is 29.8 Å². The molecule has 0 unspecified atom stereocenters. The van der Waals surface area contributed by atoms with Gasteiger partial charge >= 0.3 is 12.1 Å². The van der Waals surface area contributed by atoms with Crippen LogP contribution in [0.3, 0.4) is 0 Å². The third-order valence-corrected chi connectivity index (χ3v) is 10.7. The van der Waals surface area contributed by atoms with Gasteiger partial charge in [-0.3, -0.25) is 9.69 Å². The predicted molar refractivity (Wildman–Crippen MR) is 136 cm³/mol. The van der Waals surface area contributed by atoms with Crippen molar-refractivity contribution in [1.82, 2.24) is 4.90 Å². The summed E-state index contributed by atoms with van der Waals surface area (Å²) in [4.78, 5) is 13.7. The average molecular weight is 502 g/mol.